The molecule has 0 spiro atoms. The summed E-state index contributed by atoms with van der Waals surface area (Å²) in [6.45, 7) is 2.50. The summed E-state index contributed by atoms with van der Waals surface area (Å²) in [4.78, 5) is 29.7. The first-order valence-electron chi connectivity index (χ1n) is 9.43. The van der Waals surface area contributed by atoms with Crippen LogP contribution < -0.4 is 5.32 Å². The zero-order valence-electron chi connectivity index (χ0n) is 14.9. The van der Waals surface area contributed by atoms with Crippen molar-refractivity contribution in [1.82, 2.24) is 15.2 Å². The lowest BCUT2D eigenvalue weighted by atomic mass is 10.1. The molecule has 2 aliphatic rings. The monoisotopic (exact) mass is 355 g/mol. The molecule has 2 atom stereocenters. The number of aromatic amines is 1. The van der Waals surface area contributed by atoms with Gasteiger partial charge in [0.1, 0.15) is 0 Å². The van der Waals surface area contributed by atoms with Gasteiger partial charge >= 0.3 is 0 Å². The molecule has 138 valence electrons. The number of carbonyl (C=O) groups is 2. The molecule has 2 fully saturated rings. The summed E-state index contributed by atoms with van der Waals surface area (Å²) in [6.07, 6.45) is 5.31. The van der Waals surface area contributed by atoms with Crippen molar-refractivity contribution in [3.8, 4) is 0 Å². The highest BCUT2D eigenvalue weighted by atomic mass is 16.5. The standard InChI is InChI=1S/C20H25N3O3/c24-19-10-15(20(25)22-12-16-4-3-9-26-16)13-23(19)8-7-14-11-21-18-6-2-1-5-17(14)18/h1-2,5-6,11,15-16,21H,3-4,7-10,12-13H2,(H,22,25). The van der Waals surface area contributed by atoms with Gasteiger partial charge in [0.25, 0.3) is 0 Å². The Morgan fingerprint density at radius 2 is 2.23 bits per heavy atom. The Balaban J connectivity index is 1.29. The van der Waals surface area contributed by atoms with Gasteiger partial charge in [-0.1, -0.05) is 18.2 Å². The summed E-state index contributed by atoms with van der Waals surface area (Å²) < 4.78 is 5.53. The molecular formula is C20H25N3O3. The Hall–Kier alpha value is -2.34. The lowest BCUT2D eigenvalue weighted by Gasteiger charge is -2.17. The number of fused-ring (bicyclic) bond motifs is 1. The van der Waals surface area contributed by atoms with Crippen molar-refractivity contribution in [3.63, 3.8) is 0 Å². The fraction of sp³-hybridized carbons (Fsp3) is 0.500. The number of H-pyrrole nitrogens is 1. The first-order valence-corrected chi connectivity index (χ1v) is 9.43. The number of hydrogen-bond donors (Lipinski definition) is 2. The van der Waals surface area contributed by atoms with Crippen molar-refractivity contribution in [2.45, 2.75) is 31.8 Å². The van der Waals surface area contributed by atoms with E-state index in [2.05, 4.69) is 16.4 Å². The SMILES string of the molecule is O=C(NCC1CCCO1)C1CC(=O)N(CCc2c[nH]c3ccccc23)C1. The maximum Gasteiger partial charge on any atom is 0.225 e. The lowest BCUT2D eigenvalue weighted by molar-refractivity contribution is -0.129. The van der Waals surface area contributed by atoms with Crippen LogP contribution in [0, 0.1) is 5.92 Å². The molecule has 1 aromatic carbocycles. The molecule has 0 radical (unpaired) electrons. The van der Waals surface area contributed by atoms with E-state index in [-0.39, 0.29) is 23.8 Å². The molecule has 2 saturated heterocycles. The van der Waals surface area contributed by atoms with Crippen LogP contribution in [0.5, 0.6) is 0 Å². The quantitative estimate of drug-likeness (QED) is 0.830. The smallest absolute Gasteiger partial charge is 0.225 e. The zero-order chi connectivity index (χ0) is 17.9. The van der Waals surface area contributed by atoms with Crippen LogP contribution in [-0.4, -0.2) is 54.0 Å². The van der Waals surface area contributed by atoms with E-state index >= 15 is 0 Å². The average molecular weight is 355 g/mol. The molecule has 3 heterocycles. The van der Waals surface area contributed by atoms with Crippen molar-refractivity contribution in [1.29, 1.82) is 0 Å². The fourth-order valence-corrected chi connectivity index (χ4v) is 3.92. The highest BCUT2D eigenvalue weighted by Crippen LogP contribution is 2.22. The van der Waals surface area contributed by atoms with E-state index in [1.807, 2.05) is 29.3 Å². The fourth-order valence-electron chi connectivity index (χ4n) is 3.92. The Kier molecular flexibility index (Phi) is 4.93. The highest BCUT2D eigenvalue weighted by Gasteiger charge is 2.34. The molecule has 0 bridgehead atoms. The molecule has 2 unspecified atom stereocenters. The molecule has 1 aromatic heterocycles. The van der Waals surface area contributed by atoms with Crippen LogP contribution in [0.1, 0.15) is 24.8 Å². The van der Waals surface area contributed by atoms with E-state index in [9.17, 15) is 9.59 Å². The van der Waals surface area contributed by atoms with Crippen molar-refractivity contribution in [2.75, 3.05) is 26.2 Å². The minimum absolute atomic E-state index is 0.0246. The van der Waals surface area contributed by atoms with Crippen molar-refractivity contribution in [2.24, 2.45) is 5.92 Å². The second-order valence-electron chi connectivity index (χ2n) is 7.23. The van der Waals surface area contributed by atoms with Gasteiger partial charge in [-0.15, -0.1) is 0 Å². The Labute approximate surface area is 152 Å². The number of rotatable bonds is 6. The van der Waals surface area contributed by atoms with Gasteiger partial charge in [-0.05, 0) is 30.9 Å². The van der Waals surface area contributed by atoms with Crippen LogP contribution >= 0.6 is 0 Å². The van der Waals surface area contributed by atoms with Crippen LogP contribution in [0.2, 0.25) is 0 Å². The molecule has 4 rings (SSSR count). The minimum atomic E-state index is -0.244. The van der Waals surface area contributed by atoms with Crippen LogP contribution in [0.4, 0.5) is 0 Å². The van der Waals surface area contributed by atoms with Gasteiger partial charge in [-0.3, -0.25) is 9.59 Å². The predicted molar refractivity (Wildman–Crippen MR) is 98.7 cm³/mol. The number of aromatic nitrogens is 1. The van der Waals surface area contributed by atoms with Gasteiger partial charge in [-0.25, -0.2) is 0 Å². The second kappa shape index (κ2) is 7.50. The van der Waals surface area contributed by atoms with E-state index < -0.39 is 0 Å². The predicted octanol–water partition coefficient (Wildman–Crippen LogP) is 1.85. The molecule has 0 saturated carbocycles. The molecule has 6 nitrogen and oxygen atoms in total. The van der Waals surface area contributed by atoms with Crippen LogP contribution in [0.3, 0.4) is 0 Å². The number of hydrogen-bond acceptors (Lipinski definition) is 3. The molecule has 2 aliphatic heterocycles. The summed E-state index contributed by atoms with van der Waals surface area (Å²) in [5.74, 6) is -0.197. The van der Waals surface area contributed by atoms with E-state index in [1.165, 1.54) is 10.9 Å². The van der Waals surface area contributed by atoms with E-state index in [0.717, 1.165) is 31.4 Å². The van der Waals surface area contributed by atoms with Crippen molar-refractivity contribution in [3.05, 3.63) is 36.0 Å². The summed E-state index contributed by atoms with van der Waals surface area (Å²) >= 11 is 0. The maximum atomic E-state index is 12.4. The summed E-state index contributed by atoms with van der Waals surface area (Å²) in [5.41, 5.74) is 2.32. The first kappa shape index (κ1) is 17.1. The molecule has 6 heteroatoms. The highest BCUT2D eigenvalue weighted by molar-refractivity contribution is 5.89. The van der Waals surface area contributed by atoms with Gasteiger partial charge in [0.2, 0.25) is 11.8 Å². The van der Waals surface area contributed by atoms with E-state index in [1.54, 1.807) is 0 Å². The summed E-state index contributed by atoms with van der Waals surface area (Å²) in [7, 11) is 0. The minimum Gasteiger partial charge on any atom is -0.376 e. The lowest BCUT2D eigenvalue weighted by Crippen LogP contribution is -2.37. The van der Waals surface area contributed by atoms with Gasteiger partial charge in [-0.2, -0.15) is 0 Å². The normalized spacial score (nSPS) is 23.1. The van der Waals surface area contributed by atoms with Crippen LogP contribution in [0.15, 0.2) is 30.5 Å². The largest absolute Gasteiger partial charge is 0.376 e. The van der Waals surface area contributed by atoms with E-state index in [0.29, 0.717) is 26.1 Å². The number of nitrogens with zero attached hydrogens (tertiary/aromatic N) is 1. The molecule has 2 aromatic rings. The third kappa shape index (κ3) is 3.60. The number of benzene rings is 1. The molecule has 26 heavy (non-hydrogen) atoms. The number of nitrogens with one attached hydrogen (secondary N) is 2. The zero-order valence-corrected chi connectivity index (χ0v) is 14.9. The number of likely N-dealkylation sites (tertiary alicyclic amines) is 1. The maximum absolute atomic E-state index is 12.4. The number of para-hydroxylation sites is 1. The van der Waals surface area contributed by atoms with Gasteiger partial charge in [0.15, 0.2) is 0 Å². The third-order valence-electron chi connectivity index (χ3n) is 5.44. The van der Waals surface area contributed by atoms with Crippen LogP contribution in [0.25, 0.3) is 10.9 Å². The number of carbonyl (C=O) groups excluding carboxylic acids is 2. The van der Waals surface area contributed by atoms with Crippen LogP contribution in [-0.2, 0) is 20.7 Å². The molecule has 0 aliphatic carbocycles. The number of ether oxygens (including phenoxy) is 1. The summed E-state index contributed by atoms with van der Waals surface area (Å²) in [5, 5.41) is 4.15. The van der Waals surface area contributed by atoms with Gasteiger partial charge < -0.3 is 19.9 Å². The third-order valence-corrected chi connectivity index (χ3v) is 5.44. The Morgan fingerprint density at radius 1 is 1.35 bits per heavy atom. The molecule has 2 N–H and O–H groups in total. The van der Waals surface area contributed by atoms with Gasteiger partial charge in [0.05, 0.1) is 12.0 Å². The van der Waals surface area contributed by atoms with Gasteiger partial charge in [0, 0.05) is 49.8 Å². The Bertz CT molecular complexity index is 794. The molecular weight excluding hydrogens is 330 g/mol. The summed E-state index contributed by atoms with van der Waals surface area (Å²) in [6, 6.07) is 8.17. The Morgan fingerprint density at radius 3 is 3.08 bits per heavy atom. The van der Waals surface area contributed by atoms with Crippen molar-refractivity contribution < 1.29 is 14.3 Å². The molecule has 2 amide bonds. The first-order chi connectivity index (χ1) is 12.7. The average Bonchev–Trinajstić information content (AvgIpc) is 3.38. The number of amides is 2. The second-order valence-corrected chi connectivity index (χ2v) is 7.23. The van der Waals surface area contributed by atoms with Crippen molar-refractivity contribution >= 4 is 22.7 Å². The van der Waals surface area contributed by atoms with E-state index in [4.69, 9.17) is 4.74 Å². The topological polar surface area (TPSA) is 74.4 Å².